The second-order valence-corrected chi connectivity index (χ2v) is 6.24. The van der Waals surface area contributed by atoms with Gasteiger partial charge in [0.1, 0.15) is 11.5 Å². The summed E-state index contributed by atoms with van der Waals surface area (Å²) in [6.45, 7) is 2.46. The van der Waals surface area contributed by atoms with Crippen molar-refractivity contribution in [3.8, 4) is 0 Å². The van der Waals surface area contributed by atoms with Crippen LogP contribution in [0.5, 0.6) is 0 Å². The van der Waals surface area contributed by atoms with Crippen molar-refractivity contribution in [3.63, 3.8) is 0 Å². The van der Waals surface area contributed by atoms with Gasteiger partial charge in [-0.05, 0) is 24.1 Å². The van der Waals surface area contributed by atoms with E-state index in [1.807, 2.05) is 61.5 Å². The maximum absolute atomic E-state index is 12.3. The number of nitrogens with zero attached hydrogens (tertiary/aromatic N) is 2. The van der Waals surface area contributed by atoms with Crippen molar-refractivity contribution in [2.24, 2.45) is 0 Å². The van der Waals surface area contributed by atoms with Gasteiger partial charge in [-0.3, -0.25) is 4.79 Å². The lowest BCUT2D eigenvalue weighted by Gasteiger charge is -2.14. The molecule has 2 N–H and O–H groups in total. The number of rotatable bonds is 6. The molecule has 5 nitrogen and oxygen atoms in total. The molecule has 0 radical (unpaired) electrons. The highest BCUT2D eigenvalue weighted by atomic mass is 35.5. The molecule has 26 heavy (non-hydrogen) atoms. The second kappa shape index (κ2) is 8.45. The van der Waals surface area contributed by atoms with Crippen LogP contribution in [-0.4, -0.2) is 15.9 Å². The smallest absolute Gasteiger partial charge is 0.271 e. The summed E-state index contributed by atoms with van der Waals surface area (Å²) in [7, 11) is 0. The van der Waals surface area contributed by atoms with Crippen LogP contribution in [0, 0.1) is 0 Å². The van der Waals surface area contributed by atoms with E-state index in [0.717, 1.165) is 11.1 Å². The average Bonchev–Trinajstić information content (AvgIpc) is 2.68. The van der Waals surface area contributed by atoms with Crippen molar-refractivity contribution in [2.75, 3.05) is 5.32 Å². The summed E-state index contributed by atoms with van der Waals surface area (Å²) < 4.78 is 0. The third-order valence-corrected chi connectivity index (χ3v) is 4.32. The van der Waals surface area contributed by atoms with Gasteiger partial charge in [-0.15, -0.1) is 0 Å². The van der Waals surface area contributed by atoms with E-state index in [9.17, 15) is 4.79 Å². The Morgan fingerprint density at radius 2 is 1.77 bits per heavy atom. The summed E-state index contributed by atoms with van der Waals surface area (Å²) >= 11 is 6.13. The Morgan fingerprint density at radius 3 is 2.46 bits per heavy atom. The molecular weight excluding hydrogens is 348 g/mol. The Bertz CT molecular complexity index is 868. The zero-order chi connectivity index (χ0) is 18.4. The predicted octanol–water partition coefficient (Wildman–Crippen LogP) is 4.23. The van der Waals surface area contributed by atoms with Crippen molar-refractivity contribution in [2.45, 2.75) is 19.5 Å². The molecular formula is C20H19ClN4O. The number of hydrogen-bond acceptors (Lipinski definition) is 4. The number of carbonyl (C=O) groups is 1. The Balaban J connectivity index is 1.58. The number of anilines is 1. The molecule has 6 heteroatoms. The van der Waals surface area contributed by atoms with Gasteiger partial charge in [0.25, 0.3) is 5.91 Å². The average molecular weight is 367 g/mol. The fourth-order valence-corrected chi connectivity index (χ4v) is 2.66. The molecule has 0 saturated carbocycles. The van der Waals surface area contributed by atoms with E-state index >= 15 is 0 Å². The first-order valence-corrected chi connectivity index (χ1v) is 8.66. The lowest BCUT2D eigenvalue weighted by atomic mass is 10.1. The van der Waals surface area contributed by atoms with Gasteiger partial charge in [0.2, 0.25) is 0 Å². The first kappa shape index (κ1) is 17.9. The van der Waals surface area contributed by atoms with Crippen molar-refractivity contribution in [1.82, 2.24) is 15.3 Å². The van der Waals surface area contributed by atoms with Crippen LogP contribution in [0.1, 0.15) is 34.6 Å². The van der Waals surface area contributed by atoms with E-state index in [1.165, 1.54) is 6.20 Å². The molecule has 3 aromatic rings. The van der Waals surface area contributed by atoms with Crippen LogP contribution in [-0.2, 0) is 6.54 Å². The predicted molar refractivity (Wildman–Crippen MR) is 103 cm³/mol. The molecule has 0 spiro atoms. The standard InChI is InChI=1S/C20H19ClN4O/c1-14(15-7-3-2-4-8-15)25-20(26)18-12-24-19(13-22-18)23-11-16-9-5-6-10-17(16)21/h2-10,12-14H,11H2,1H3,(H,23,24)(H,25,26). The number of hydrogen-bond donors (Lipinski definition) is 2. The largest absolute Gasteiger partial charge is 0.365 e. The third kappa shape index (κ3) is 4.58. The first-order chi connectivity index (χ1) is 12.6. The molecule has 0 bridgehead atoms. The molecule has 0 aliphatic rings. The van der Waals surface area contributed by atoms with E-state index in [4.69, 9.17) is 11.6 Å². The SMILES string of the molecule is CC(NC(=O)c1cnc(NCc2ccccc2Cl)cn1)c1ccccc1. The fraction of sp³-hybridized carbons (Fsp3) is 0.150. The lowest BCUT2D eigenvalue weighted by Crippen LogP contribution is -2.27. The van der Waals surface area contributed by atoms with Crippen LogP contribution in [0.15, 0.2) is 67.0 Å². The second-order valence-electron chi connectivity index (χ2n) is 5.84. The summed E-state index contributed by atoms with van der Waals surface area (Å²) in [5.74, 6) is 0.323. The van der Waals surface area contributed by atoms with Gasteiger partial charge in [0.15, 0.2) is 0 Å². The molecule has 132 valence electrons. The highest BCUT2D eigenvalue weighted by Crippen LogP contribution is 2.16. The van der Waals surface area contributed by atoms with Gasteiger partial charge in [0, 0.05) is 11.6 Å². The molecule has 1 amide bonds. The van der Waals surface area contributed by atoms with Crippen LogP contribution < -0.4 is 10.6 Å². The number of aromatic nitrogens is 2. The van der Waals surface area contributed by atoms with Gasteiger partial charge >= 0.3 is 0 Å². The number of benzene rings is 2. The Kier molecular flexibility index (Phi) is 5.81. The normalized spacial score (nSPS) is 11.6. The van der Waals surface area contributed by atoms with E-state index < -0.39 is 0 Å². The van der Waals surface area contributed by atoms with E-state index in [-0.39, 0.29) is 17.6 Å². The van der Waals surface area contributed by atoms with Gasteiger partial charge in [0.05, 0.1) is 18.4 Å². The van der Waals surface area contributed by atoms with E-state index in [2.05, 4.69) is 20.6 Å². The summed E-state index contributed by atoms with van der Waals surface area (Å²) in [4.78, 5) is 20.7. The number of halogens is 1. The minimum absolute atomic E-state index is 0.108. The first-order valence-electron chi connectivity index (χ1n) is 8.28. The summed E-state index contributed by atoms with van der Waals surface area (Å²) in [5.41, 5.74) is 2.28. The molecule has 1 unspecified atom stereocenters. The molecule has 1 aromatic heterocycles. The number of amides is 1. The Labute approximate surface area is 157 Å². The number of carbonyl (C=O) groups excluding carboxylic acids is 1. The minimum atomic E-state index is -0.258. The molecule has 0 aliphatic heterocycles. The summed E-state index contributed by atoms with van der Waals surface area (Å²) in [6, 6.07) is 17.2. The lowest BCUT2D eigenvalue weighted by molar-refractivity contribution is 0.0934. The monoisotopic (exact) mass is 366 g/mol. The van der Waals surface area contributed by atoms with Crippen LogP contribution >= 0.6 is 11.6 Å². The number of nitrogens with one attached hydrogen (secondary N) is 2. The van der Waals surface area contributed by atoms with Gasteiger partial charge in [-0.1, -0.05) is 60.1 Å². The van der Waals surface area contributed by atoms with Crippen LogP contribution in [0.2, 0.25) is 5.02 Å². The molecule has 3 rings (SSSR count). The molecule has 1 atom stereocenters. The maximum Gasteiger partial charge on any atom is 0.271 e. The Hall–Kier alpha value is -2.92. The third-order valence-electron chi connectivity index (χ3n) is 3.95. The summed E-state index contributed by atoms with van der Waals surface area (Å²) in [5, 5.41) is 6.76. The van der Waals surface area contributed by atoms with Crippen molar-refractivity contribution in [1.29, 1.82) is 0 Å². The molecule has 2 aromatic carbocycles. The zero-order valence-corrected chi connectivity index (χ0v) is 15.1. The molecule has 0 aliphatic carbocycles. The highest BCUT2D eigenvalue weighted by molar-refractivity contribution is 6.31. The van der Waals surface area contributed by atoms with Crippen molar-refractivity contribution >= 4 is 23.3 Å². The highest BCUT2D eigenvalue weighted by Gasteiger charge is 2.13. The summed E-state index contributed by atoms with van der Waals surface area (Å²) in [6.07, 6.45) is 3.00. The van der Waals surface area contributed by atoms with Gasteiger partial charge < -0.3 is 10.6 Å². The van der Waals surface area contributed by atoms with Crippen molar-refractivity contribution < 1.29 is 4.79 Å². The molecule has 0 fully saturated rings. The Morgan fingerprint density at radius 1 is 1.04 bits per heavy atom. The molecule has 0 saturated heterocycles. The zero-order valence-electron chi connectivity index (χ0n) is 14.3. The van der Waals surface area contributed by atoms with Gasteiger partial charge in [-0.2, -0.15) is 0 Å². The molecule has 1 heterocycles. The maximum atomic E-state index is 12.3. The van der Waals surface area contributed by atoms with E-state index in [1.54, 1.807) is 6.20 Å². The van der Waals surface area contributed by atoms with Gasteiger partial charge in [-0.25, -0.2) is 9.97 Å². The fourth-order valence-electron chi connectivity index (χ4n) is 2.46. The van der Waals surface area contributed by atoms with E-state index in [0.29, 0.717) is 17.4 Å². The van der Waals surface area contributed by atoms with Crippen LogP contribution in [0.4, 0.5) is 5.82 Å². The van der Waals surface area contributed by atoms with Crippen LogP contribution in [0.3, 0.4) is 0 Å². The van der Waals surface area contributed by atoms with Crippen LogP contribution in [0.25, 0.3) is 0 Å². The quantitative estimate of drug-likeness (QED) is 0.685. The topological polar surface area (TPSA) is 66.9 Å². The minimum Gasteiger partial charge on any atom is -0.365 e. The van der Waals surface area contributed by atoms with Crippen molar-refractivity contribution in [3.05, 3.63) is 88.8 Å².